The summed E-state index contributed by atoms with van der Waals surface area (Å²) >= 11 is 7.39. The minimum atomic E-state index is -0.989. The number of hydrogen-bond acceptors (Lipinski definition) is 14. The smallest absolute Gasteiger partial charge is 0.248 e. The Hall–Kier alpha value is -6.09. The molecule has 0 radical (unpaired) electrons. The average molecular weight is 975 g/mol. The second-order valence-corrected chi connectivity index (χ2v) is 18.6. The number of carbonyl (C=O) groups excluding carboxylic acids is 4. The minimum Gasteiger partial charge on any atom is -0.494 e. The molecule has 1 aliphatic heterocycles. The number of thiazole rings is 1. The number of halogens is 2. The van der Waals surface area contributed by atoms with Crippen molar-refractivity contribution in [2.24, 2.45) is 5.41 Å². The van der Waals surface area contributed by atoms with Gasteiger partial charge < -0.3 is 50.4 Å². The van der Waals surface area contributed by atoms with Gasteiger partial charge >= 0.3 is 0 Å². The number of hydrogen-bond donors (Lipinski definition) is 5. The van der Waals surface area contributed by atoms with Crippen LogP contribution >= 0.6 is 22.9 Å². The first-order chi connectivity index (χ1) is 32.5. The molecule has 3 aromatic carbocycles. The highest BCUT2D eigenvalue weighted by molar-refractivity contribution is 7.13. The van der Waals surface area contributed by atoms with Gasteiger partial charge in [-0.2, -0.15) is 0 Å². The molecule has 3 heterocycles. The predicted octanol–water partition coefficient (Wildman–Crippen LogP) is 5.88. The number of aliphatic hydroxyl groups is 1. The van der Waals surface area contributed by atoms with E-state index in [-0.39, 0.29) is 50.3 Å². The summed E-state index contributed by atoms with van der Waals surface area (Å²) in [5.41, 5.74) is 5.31. The van der Waals surface area contributed by atoms with Gasteiger partial charge in [0.05, 0.1) is 65.3 Å². The van der Waals surface area contributed by atoms with Gasteiger partial charge in [0.2, 0.25) is 23.6 Å². The van der Waals surface area contributed by atoms with E-state index in [0.717, 1.165) is 21.7 Å². The maximum atomic E-state index is 14.1. The fraction of sp³-hybridized carbons (Fsp3) is 0.396. The number of carbonyl (C=O) groups is 4. The first-order valence-electron chi connectivity index (χ1n) is 21.9. The number of methoxy groups -OCH3 is 1. The number of benzene rings is 3. The van der Waals surface area contributed by atoms with Gasteiger partial charge in [-0.1, -0.05) is 62.7 Å². The van der Waals surface area contributed by atoms with E-state index in [9.17, 15) is 28.7 Å². The summed E-state index contributed by atoms with van der Waals surface area (Å²) in [4.78, 5) is 70.6. The van der Waals surface area contributed by atoms with E-state index >= 15 is 0 Å². The standard InChI is InChI=1S/C48H57ClFN9O8S/c1-29-43(68-28-54-29)31-11-9-30(10-12-31)24-51-46(63)39-21-33(60)25-59(39)47(64)44(48(2,3)4)57-42(62)26-67-19-18-66-17-16-58(5)15-7-8-41(61)56-38-22-34-37(23-40(38)65-6)52-27-53-45(34)55-32-13-14-35(49)36(50)20-32/h7-14,20,22-23,27-28,33,39,44,60H,15-19,21,24-26H2,1-6H3,(H,51,63)(H,56,61)(H,57,62)(H,52,53,55)/b8-7+/t33-,39+,44?/m1/s1. The Morgan fingerprint density at radius 3 is 2.51 bits per heavy atom. The lowest BCUT2D eigenvalue weighted by Crippen LogP contribution is -2.58. The quantitative estimate of drug-likeness (QED) is 0.0431. The fourth-order valence-electron chi connectivity index (χ4n) is 7.35. The van der Waals surface area contributed by atoms with E-state index in [0.29, 0.717) is 53.5 Å². The first kappa shape index (κ1) is 51.3. The highest BCUT2D eigenvalue weighted by atomic mass is 35.5. The van der Waals surface area contributed by atoms with Crippen LogP contribution < -0.4 is 26.0 Å². The number of nitrogens with zero attached hydrogens (tertiary/aromatic N) is 5. The number of likely N-dealkylation sites (N-methyl/N-ethyl adjacent to an activating group) is 1. The van der Waals surface area contributed by atoms with Crippen LogP contribution in [-0.4, -0.2) is 132 Å². The maximum absolute atomic E-state index is 14.1. The van der Waals surface area contributed by atoms with Crippen LogP contribution in [0.5, 0.6) is 5.75 Å². The third kappa shape index (κ3) is 14.0. The number of ether oxygens (including phenoxy) is 3. The SMILES string of the molecule is COc1cc2ncnc(Nc3ccc(Cl)c(F)c3)c2cc1NC(=O)/C=C/CN(C)CCOCCOCC(=O)NC(C(=O)N1C[C@H](O)C[C@H]1C(=O)NCc1ccc(-c2scnc2C)cc1)C(C)(C)C. The Bertz CT molecular complexity index is 2590. The van der Waals surface area contributed by atoms with Crippen molar-refractivity contribution in [2.75, 3.05) is 70.9 Å². The normalized spacial score (nSPS) is 15.5. The molecule has 0 aliphatic carbocycles. The molecule has 0 spiro atoms. The van der Waals surface area contributed by atoms with Crippen LogP contribution in [0.4, 0.5) is 21.6 Å². The number of β-amino-alcohol motifs (C(OH)–C–C–N with tert-alkyl or cyclic N) is 1. The molecule has 362 valence electrons. The lowest BCUT2D eigenvalue weighted by Gasteiger charge is -2.35. The lowest BCUT2D eigenvalue weighted by atomic mass is 9.85. The number of rotatable bonds is 21. The van der Waals surface area contributed by atoms with Crippen molar-refractivity contribution in [1.82, 2.24) is 35.4 Å². The van der Waals surface area contributed by atoms with E-state index in [1.165, 1.54) is 36.5 Å². The van der Waals surface area contributed by atoms with Crippen molar-refractivity contribution in [3.05, 3.63) is 101 Å². The summed E-state index contributed by atoms with van der Waals surface area (Å²) < 4.78 is 30.8. The number of aromatic nitrogens is 3. The van der Waals surface area contributed by atoms with Gasteiger partial charge in [-0.3, -0.25) is 19.2 Å². The lowest BCUT2D eigenvalue weighted by molar-refractivity contribution is -0.144. The molecule has 5 N–H and O–H groups in total. The van der Waals surface area contributed by atoms with Gasteiger partial charge in [-0.25, -0.2) is 19.3 Å². The molecule has 6 rings (SSSR count). The zero-order valence-electron chi connectivity index (χ0n) is 38.8. The molecule has 20 heteroatoms. The fourth-order valence-corrected chi connectivity index (χ4v) is 8.28. The number of aliphatic hydroxyl groups excluding tert-OH is 1. The van der Waals surface area contributed by atoms with Crippen LogP contribution in [0.2, 0.25) is 5.02 Å². The third-order valence-corrected chi connectivity index (χ3v) is 12.3. The number of amides is 4. The number of fused-ring (bicyclic) bond motifs is 1. The molecular weight excluding hydrogens is 917 g/mol. The molecule has 5 aromatic rings. The van der Waals surface area contributed by atoms with Crippen LogP contribution in [0.15, 0.2) is 78.6 Å². The zero-order valence-corrected chi connectivity index (χ0v) is 40.4. The number of likely N-dealkylation sites (tertiary alicyclic amines) is 1. The van der Waals surface area contributed by atoms with Crippen molar-refractivity contribution >= 4 is 74.7 Å². The Labute approximate surface area is 403 Å². The Kier molecular flexibility index (Phi) is 17.9. The largest absolute Gasteiger partial charge is 0.494 e. The van der Waals surface area contributed by atoms with E-state index < -0.39 is 47.1 Å². The Morgan fingerprint density at radius 2 is 1.81 bits per heavy atom. The summed E-state index contributed by atoms with van der Waals surface area (Å²) in [6, 6.07) is 13.6. The molecule has 1 fully saturated rings. The summed E-state index contributed by atoms with van der Waals surface area (Å²) in [5, 5.41) is 22.7. The van der Waals surface area contributed by atoms with E-state index in [4.69, 9.17) is 25.8 Å². The first-order valence-corrected chi connectivity index (χ1v) is 23.2. The van der Waals surface area contributed by atoms with Gasteiger partial charge in [-0.15, -0.1) is 11.3 Å². The molecule has 1 aliphatic rings. The van der Waals surface area contributed by atoms with Crippen molar-refractivity contribution in [3.8, 4) is 16.2 Å². The monoisotopic (exact) mass is 973 g/mol. The topological polar surface area (TPSA) is 209 Å². The molecular formula is C48H57ClFN9O8S. The molecule has 68 heavy (non-hydrogen) atoms. The number of aryl methyl sites for hydroxylation is 1. The van der Waals surface area contributed by atoms with E-state index in [1.54, 1.807) is 41.1 Å². The molecule has 2 aromatic heterocycles. The molecule has 3 atom stereocenters. The van der Waals surface area contributed by atoms with Crippen molar-refractivity contribution in [2.45, 2.75) is 58.8 Å². The Morgan fingerprint density at radius 1 is 1.04 bits per heavy atom. The average Bonchev–Trinajstić information content (AvgIpc) is 3.92. The second kappa shape index (κ2) is 23.8. The maximum Gasteiger partial charge on any atom is 0.248 e. The number of anilines is 3. The van der Waals surface area contributed by atoms with Crippen molar-refractivity contribution < 1.29 is 42.9 Å². The third-order valence-electron chi connectivity index (χ3n) is 11.0. The molecule has 1 saturated heterocycles. The molecule has 0 saturated carbocycles. The summed E-state index contributed by atoms with van der Waals surface area (Å²) in [6.07, 6.45) is 3.67. The Balaban J connectivity index is 0.892. The van der Waals surface area contributed by atoms with Gasteiger partial charge in [0.15, 0.2) is 0 Å². The number of nitrogens with one attached hydrogen (secondary N) is 4. The van der Waals surface area contributed by atoms with Crippen LogP contribution in [-0.2, 0) is 35.2 Å². The van der Waals surface area contributed by atoms with E-state index in [2.05, 4.69) is 36.2 Å². The zero-order chi connectivity index (χ0) is 49.0. The van der Waals surface area contributed by atoms with Crippen LogP contribution in [0.3, 0.4) is 0 Å². The summed E-state index contributed by atoms with van der Waals surface area (Å²) in [6.45, 7) is 8.98. The van der Waals surface area contributed by atoms with Crippen LogP contribution in [0.25, 0.3) is 21.3 Å². The van der Waals surface area contributed by atoms with Gasteiger partial charge in [0.25, 0.3) is 0 Å². The van der Waals surface area contributed by atoms with Crippen LogP contribution in [0.1, 0.15) is 38.4 Å². The minimum absolute atomic E-state index is 0.00517. The molecule has 17 nitrogen and oxygen atoms in total. The summed E-state index contributed by atoms with van der Waals surface area (Å²) in [5.74, 6) is -1.56. The summed E-state index contributed by atoms with van der Waals surface area (Å²) in [7, 11) is 3.35. The highest BCUT2D eigenvalue weighted by Gasteiger charge is 2.44. The molecule has 0 bridgehead atoms. The van der Waals surface area contributed by atoms with Crippen molar-refractivity contribution in [3.63, 3.8) is 0 Å². The van der Waals surface area contributed by atoms with E-state index in [1.807, 2.05) is 63.9 Å². The molecule has 1 unspecified atom stereocenters. The van der Waals surface area contributed by atoms with Gasteiger partial charge in [0.1, 0.15) is 42.4 Å². The second-order valence-electron chi connectivity index (χ2n) is 17.3. The molecule has 4 amide bonds. The van der Waals surface area contributed by atoms with Crippen LogP contribution in [0, 0.1) is 18.2 Å². The van der Waals surface area contributed by atoms with Gasteiger partial charge in [0, 0.05) is 55.8 Å². The van der Waals surface area contributed by atoms with Crippen molar-refractivity contribution in [1.29, 1.82) is 0 Å². The highest BCUT2D eigenvalue weighted by Crippen LogP contribution is 2.34. The van der Waals surface area contributed by atoms with Gasteiger partial charge in [-0.05, 0) is 54.8 Å². The predicted molar refractivity (Wildman–Crippen MR) is 259 cm³/mol.